The molecule has 0 atom stereocenters. The average molecular weight is 298 g/mol. The molecule has 2 heterocycles. The molecular weight excluding hydrogens is 280 g/mol. The van der Waals surface area contributed by atoms with Crippen molar-refractivity contribution < 1.29 is 0 Å². The maximum absolute atomic E-state index is 4.60. The molecule has 0 aliphatic carbocycles. The second-order valence-corrected chi connectivity index (χ2v) is 5.70. The van der Waals surface area contributed by atoms with Gasteiger partial charge in [-0.15, -0.1) is 11.3 Å². The van der Waals surface area contributed by atoms with Crippen molar-refractivity contribution in [1.82, 2.24) is 9.97 Å². The van der Waals surface area contributed by atoms with Crippen LogP contribution in [0.15, 0.2) is 41.8 Å². The summed E-state index contributed by atoms with van der Waals surface area (Å²) in [6.45, 7) is 3.77. The van der Waals surface area contributed by atoms with E-state index in [0.717, 1.165) is 35.5 Å². The molecule has 0 amide bonds. The lowest BCUT2D eigenvalue weighted by Crippen LogP contribution is -2.07. The zero-order chi connectivity index (χ0) is 14.5. The van der Waals surface area contributed by atoms with Gasteiger partial charge in [0, 0.05) is 13.1 Å². The molecule has 0 spiro atoms. The average Bonchev–Trinajstić information content (AvgIpc) is 3.00. The molecule has 3 rings (SSSR count). The van der Waals surface area contributed by atoms with Crippen LogP contribution in [0.3, 0.4) is 0 Å². The molecule has 5 heteroatoms. The van der Waals surface area contributed by atoms with Gasteiger partial charge >= 0.3 is 0 Å². The number of nitrogens with zero attached hydrogens (tertiary/aromatic N) is 2. The van der Waals surface area contributed by atoms with Crippen molar-refractivity contribution in [3.8, 4) is 0 Å². The van der Waals surface area contributed by atoms with E-state index in [9.17, 15) is 0 Å². The topological polar surface area (TPSA) is 49.8 Å². The summed E-state index contributed by atoms with van der Waals surface area (Å²) in [5.74, 6) is 1.59. The van der Waals surface area contributed by atoms with Gasteiger partial charge in [0.1, 0.15) is 10.6 Å². The fourth-order valence-electron chi connectivity index (χ4n) is 2.09. The Kier molecular flexibility index (Phi) is 4.31. The predicted octanol–water partition coefficient (Wildman–Crippen LogP) is 4.13. The van der Waals surface area contributed by atoms with Gasteiger partial charge < -0.3 is 10.6 Å². The maximum Gasteiger partial charge on any atom is 0.226 e. The van der Waals surface area contributed by atoms with Gasteiger partial charge in [0.15, 0.2) is 0 Å². The molecule has 0 bridgehead atoms. The third-order valence-electron chi connectivity index (χ3n) is 3.16. The predicted molar refractivity (Wildman–Crippen MR) is 90.0 cm³/mol. The molecule has 1 aromatic carbocycles. The fraction of sp³-hybridized carbons (Fsp3) is 0.250. The van der Waals surface area contributed by atoms with E-state index in [1.165, 1.54) is 5.56 Å². The highest BCUT2D eigenvalue weighted by Gasteiger charge is 2.08. The number of fused-ring (bicyclic) bond motifs is 1. The van der Waals surface area contributed by atoms with Crippen LogP contribution in [-0.2, 0) is 6.54 Å². The smallest absolute Gasteiger partial charge is 0.226 e. The summed E-state index contributed by atoms with van der Waals surface area (Å²) >= 11 is 1.64. The highest BCUT2D eigenvalue weighted by Crippen LogP contribution is 2.26. The van der Waals surface area contributed by atoms with E-state index >= 15 is 0 Å². The largest absolute Gasteiger partial charge is 0.365 e. The molecule has 0 radical (unpaired) electrons. The molecule has 0 unspecified atom stereocenters. The van der Waals surface area contributed by atoms with Gasteiger partial charge in [-0.25, -0.2) is 4.98 Å². The molecule has 21 heavy (non-hydrogen) atoms. The summed E-state index contributed by atoms with van der Waals surface area (Å²) in [6.07, 6.45) is 1.05. The van der Waals surface area contributed by atoms with Crippen molar-refractivity contribution in [2.24, 2.45) is 0 Å². The SMILES string of the molecule is CCCNc1nc(NCc2ccccc2)c2ccsc2n1. The van der Waals surface area contributed by atoms with E-state index in [1.54, 1.807) is 11.3 Å². The highest BCUT2D eigenvalue weighted by molar-refractivity contribution is 7.16. The summed E-state index contributed by atoms with van der Waals surface area (Å²) in [6, 6.07) is 12.4. The lowest BCUT2D eigenvalue weighted by atomic mass is 10.2. The van der Waals surface area contributed by atoms with Crippen molar-refractivity contribution in [3.05, 3.63) is 47.3 Å². The van der Waals surface area contributed by atoms with E-state index in [0.29, 0.717) is 5.95 Å². The normalized spacial score (nSPS) is 10.7. The van der Waals surface area contributed by atoms with Crippen LogP contribution in [0.25, 0.3) is 10.2 Å². The quantitative estimate of drug-likeness (QED) is 0.718. The molecule has 0 aliphatic rings. The number of hydrogen-bond acceptors (Lipinski definition) is 5. The van der Waals surface area contributed by atoms with Crippen LogP contribution < -0.4 is 10.6 Å². The van der Waals surface area contributed by atoms with Crippen LogP contribution in [0.2, 0.25) is 0 Å². The van der Waals surface area contributed by atoms with Crippen molar-refractivity contribution in [2.45, 2.75) is 19.9 Å². The van der Waals surface area contributed by atoms with Gasteiger partial charge in [0.05, 0.1) is 5.39 Å². The molecular formula is C16H18N4S. The zero-order valence-corrected chi connectivity index (χ0v) is 12.8. The van der Waals surface area contributed by atoms with Crippen molar-refractivity contribution in [3.63, 3.8) is 0 Å². The lowest BCUT2D eigenvalue weighted by Gasteiger charge is -2.09. The Morgan fingerprint density at radius 3 is 2.71 bits per heavy atom. The van der Waals surface area contributed by atoms with E-state index in [4.69, 9.17) is 0 Å². The number of hydrogen-bond donors (Lipinski definition) is 2. The first-order valence-corrected chi connectivity index (χ1v) is 8.01. The van der Waals surface area contributed by atoms with Gasteiger partial charge in [-0.2, -0.15) is 4.98 Å². The Labute approximate surface area is 128 Å². The van der Waals surface area contributed by atoms with E-state index in [2.05, 4.69) is 51.1 Å². The molecule has 0 aliphatic heterocycles. The van der Waals surface area contributed by atoms with Crippen LogP contribution in [0.5, 0.6) is 0 Å². The Morgan fingerprint density at radius 2 is 1.90 bits per heavy atom. The second-order valence-electron chi connectivity index (χ2n) is 4.80. The molecule has 4 nitrogen and oxygen atoms in total. The minimum Gasteiger partial charge on any atom is -0.365 e. The fourth-order valence-corrected chi connectivity index (χ4v) is 2.85. The van der Waals surface area contributed by atoms with Crippen LogP contribution in [0.4, 0.5) is 11.8 Å². The number of aromatic nitrogens is 2. The van der Waals surface area contributed by atoms with Gasteiger partial charge in [-0.3, -0.25) is 0 Å². The summed E-state index contributed by atoms with van der Waals surface area (Å²) in [4.78, 5) is 10.2. The summed E-state index contributed by atoms with van der Waals surface area (Å²) in [5.41, 5.74) is 1.24. The van der Waals surface area contributed by atoms with Gasteiger partial charge in [-0.05, 0) is 23.4 Å². The third-order valence-corrected chi connectivity index (χ3v) is 3.97. The molecule has 0 fully saturated rings. The molecule has 0 saturated carbocycles. The third kappa shape index (κ3) is 3.31. The number of thiophene rings is 1. The molecule has 2 N–H and O–H groups in total. The molecule has 2 aromatic heterocycles. The van der Waals surface area contributed by atoms with Gasteiger partial charge in [-0.1, -0.05) is 37.3 Å². The van der Waals surface area contributed by atoms with E-state index < -0.39 is 0 Å². The van der Waals surface area contributed by atoms with E-state index in [-0.39, 0.29) is 0 Å². The Hall–Kier alpha value is -2.14. The Bertz CT molecular complexity index is 709. The first-order chi connectivity index (χ1) is 10.4. The first kappa shape index (κ1) is 13.8. The highest BCUT2D eigenvalue weighted by atomic mass is 32.1. The second kappa shape index (κ2) is 6.54. The van der Waals surface area contributed by atoms with E-state index in [1.807, 2.05) is 18.2 Å². The maximum atomic E-state index is 4.60. The van der Waals surface area contributed by atoms with Crippen LogP contribution in [-0.4, -0.2) is 16.5 Å². The molecule has 3 aromatic rings. The number of rotatable bonds is 6. The standard InChI is InChI=1S/C16H18N4S/c1-2-9-17-16-19-14(13-8-10-21-15(13)20-16)18-11-12-6-4-3-5-7-12/h3-8,10H,2,9,11H2,1H3,(H2,17,18,19,20). The summed E-state index contributed by atoms with van der Waals surface area (Å²) < 4.78 is 0. The van der Waals surface area contributed by atoms with Crippen molar-refractivity contribution in [2.75, 3.05) is 17.2 Å². The minimum atomic E-state index is 0.697. The van der Waals surface area contributed by atoms with Crippen molar-refractivity contribution in [1.29, 1.82) is 0 Å². The Balaban J connectivity index is 1.83. The number of benzene rings is 1. The van der Waals surface area contributed by atoms with Gasteiger partial charge in [0.2, 0.25) is 5.95 Å². The summed E-state index contributed by atoms with van der Waals surface area (Å²) in [5, 5.41) is 9.82. The Morgan fingerprint density at radius 1 is 1.05 bits per heavy atom. The van der Waals surface area contributed by atoms with Gasteiger partial charge in [0.25, 0.3) is 0 Å². The number of nitrogens with one attached hydrogen (secondary N) is 2. The van der Waals surface area contributed by atoms with Crippen molar-refractivity contribution >= 4 is 33.3 Å². The van der Waals surface area contributed by atoms with Crippen LogP contribution in [0.1, 0.15) is 18.9 Å². The number of anilines is 2. The minimum absolute atomic E-state index is 0.697. The summed E-state index contributed by atoms with van der Waals surface area (Å²) in [7, 11) is 0. The molecule has 108 valence electrons. The lowest BCUT2D eigenvalue weighted by molar-refractivity contribution is 0.956. The first-order valence-electron chi connectivity index (χ1n) is 7.13. The zero-order valence-electron chi connectivity index (χ0n) is 12.0. The monoisotopic (exact) mass is 298 g/mol. The van der Waals surface area contributed by atoms with Crippen LogP contribution in [0, 0.1) is 0 Å². The van der Waals surface area contributed by atoms with Crippen LogP contribution >= 0.6 is 11.3 Å². The molecule has 0 saturated heterocycles.